The van der Waals surface area contributed by atoms with Gasteiger partial charge in [-0.3, -0.25) is 0 Å². The van der Waals surface area contributed by atoms with Crippen LogP contribution < -0.4 is 5.63 Å². The van der Waals surface area contributed by atoms with Gasteiger partial charge in [-0.2, -0.15) is 5.26 Å². The van der Waals surface area contributed by atoms with Crippen LogP contribution in [0, 0.1) is 11.3 Å². The van der Waals surface area contributed by atoms with Crippen LogP contribution in [0.25, 0.3) is 22.1 Å². The Morgan fingerprint density at radius 1 is 1.14 bits per heavy atom. The SMILES string of the molecule is CCc1ccc(-c2ccccc2)c2cc(C#N)c(=O)oc12. The van der Waals surface area contributed by atoms with Crippen molar-refractivity contribution in [3.63, 3.8) is 0 Å². The lowest BCUT2D eigenvalue weighted by Gasteiger charge is -2.09. The lowest BCUT2D eigenvalue weighted by Crippen LogP contribution is -2.04. The molecule has 0 saturated heterocycles. The van der Waals surface area contributed by atoms with Crippen LogP contribution in [0.3, 0.4) is 0 Å². The first-order valence-electron chi connectivity index (χ1n) is 6.80. The van der Waals surface area contributed by atoms with Crippen molar-refractivity contribution in [2.75, 3.05) is 0 Å². The van der Waals surface area contributed by atoms with E-state index in [4.69, 9.17) is 9.68 Å². The van der Waals surface area contributed by atoms with E-state index in [0.717, 1.165) is 28.5 Å². The highest BCUT2D eigenvalue weighted by atomic mass is 16.4. The van der Waals surface area contributed by atoms with Crippen molar-refractivity contribution in [3.8, 4) is 17.2 Å². The van der Waals surface area contributed by atoms with E-state index >= 15 is 0 Å². The second-order valence-corrected chi connectivity index (χ2v) is 4.79. The van der Waals surface area contributed by atoms with Gasteiger partial charge in [-0.05, 0) is 29.2 Å². The van der Waals surface area contributed by atoms with Gasteiger partial charge in [0.1, 0.15) is 17.2 Å². The lowest BCUT2D eigenvalue weighted by molar-refractivity contribution is 0.555. The van der Waals surface area contributed by atoms with Gasteiger partial charge < -0.3 is 4.42 Å². The molecule has 3 aromatic rings. The molecule has 1 heterocycles. The summed E-state index contributed by atoms with van der Waals surface area (Å²) in [6, 6.07) is 17.4. The van der Waals surface area contributed by atoms with Crippen LogP contribution in [0.4, 0.5) is 0 Å². The quantitative estimate of drug-likeness (QED) is 0.666. The predicted molar refractivity (Wildman–Crippen MR) is 82.0 cm³/mol. The monoisotopic (exact) mass is 275 g/mol. The summed E-state index contributed by atoms with van der Waals surface area (Å²) in [7, 11) is 0. The van der Waals surface area contributed by atoms with Gasteiger partial charge in [0.05, 0.1) is 0 Å². The van der Waals surface area contributed by atoms with E-state index in [0.29, 0.717) is 5.58 Å². The van der Waals surface area contributed by atoms with Crippen LogP contribution in [0.15, 0.2) is 57.7 Å². The number of rotatable bonds is 2. The number of hydrogen-bond donors (Lipinski definition) is 0. The van der Waals surface area contributed by atoms with Gasteiger partial charge in [0.2, 0.25) is 0 Å². The van der Waals surface area contributed by atoms with Crippen LogP contribution in [0.2, 0.25) is 0 Å². The van der Waals surface area contributed by atoms with Gasteiger partial charge in [0.15, 0.2) is 0 Å². The summed E-state index contributed by atoms with van der Waals surface area (Å²) in [6.45, 7) is 2.01. The molecule has 0 aliphatic heterocycles. The Morgan fingerprint density at radius 3 is 2.57 bits per heavy atom. The molecule has 102 valence electrons. The van der Waals surface area contributed by atoms with Gasteiger partial charge in [0.25, 0.3) is 0 Å². The predicted octanol–water partition coefficient (Wildman–Crippen LogP) is 3.89. The molecule has 0 N–H and O–H groups in total. The molecule has 0 fully saturated rings. The number of benzene rings is 2. The number of nitriles is 1. The molecule has 0 aliphatic rings. The molecule has 21 heavy (non-hydrogen) atoms. The van der Waals surface area contributed by atoms with Crippen LogP contribution in [-0.2, 0) is 6.42 Å². The van der Waals surface area contributed by atoms with E-state index in [2.05, 4.69) is 0 Å². The molecule has 0 aliphatic carbocycles. The normalized spacial score (nSPS) is 10.5. The molecule has 3 rings (SSSR count). The molecule has 0 atom stereocenters. The Kier molecular flexibility index (Phi) is 3.29. The molecule has 0 spiro atoms. The van der Waals surface area contributed by atoms with E-state index in [-0.39, 0.29) is 5.56 Å². The third kappa shape index (κ3) is 2.21. The third-order valence-corrected chi connectivity index (χ3v) is 3.57. The minimum Gasteiger partial charge on any atom is -0.421 e. The Balaban J connectivity index is 2.42. The van der Waals surface area contributed by atoms with E-state index < -0.39 is 5.63 Å². The maximum atomic E-state index is 11.8. The summed E-state index contributed by atoms with van der Waals surface area (Å²) >= 11 is 0. The second kappa shape index (κ2) is 5.26. The third-order valence-electron chi connectivity index (χ3n) is 3.57. The molecular formula is C18H13NO2. The van der Waals surface area contributed by atoms with E-state index in [1.807, 2.05) is 55.5 Å². The van der Waals surface area contributed by atoms with Gasteiger partial charge >= 0.3 is 5.63 Å². The Labute approximate surface area is 122 Å². The molecule has 1 aromatic heterocycles. The van der Waals surface area contributed by atoms with Crippen molar-refractivity contribution in [2.45, 2.75) is 13.3 Å². The van der Waals surface area contributed by atoms with E-state index in [1.165, 1.54) is 0 Å². The molecule has 0 amide bonds. The van der Waals surface area contributed by atoms with E-state index in [1.54, 1.807) is 6.07 Å². The zero-order chi connectivity index (χ0) is 14.8. The van der Waals surface area contributed by atoms with Gasteiger partial charge in [-0.1, -0.05) is 49.4 Å². The number of nitrogens with zero attached hydrogens (tertiary/aromatic N) is 1. The summed E-state index contributed by atoms with van der Waals surface area (Å²) in [4.78, 5) is 11.8. The molecule has 3 nitrogen and oxygen atoms in total. The van der Waals surface area contributed by atoms with Crippen LogP contribution in [0.1, 0.15) is 18.1 Å². The zero-order valence-corrected chi connectivity index (χ0v) is 11.6. The molecule has 0 bridgehead atoms. The van der Waals surface area contributed by atoms with Crippen molar-refractivity contribution >= 4 is 11.0 Å². The van der Waals surface area contributed by atoms with Crippen molar-refractivity contribution < 1.29 is 4.42 Å². The van der Waals surface area contributed by atoms with Gasteiger partial charge in [-0.15, -0.1) is 0 Å². The fraction of sp³-hybridized carbons (Fsp3) is 0.111. The molecule has 0 unspecified atom stereocenters. The van der Waals surface area contributed by atoms with Crippen molar-refractivity contribution in [1.82, 2.24) is 0 Å². The molecule has 3 heteroatoms. The number of hydrogen-bond acceptors (Lipinski definition) is 3. The van der Waals surface area contributed by atoms with Crippen molar-refractivity contribution in [1.29, 1.82) is 5.26 Å². The largest absolute Gasteiger partial charge is 0.421 e. The minimum absolute atomic E-state index is 0.0351. The summed E-state index contributed by atoms with van der Waals surface area (Å²) in [5.41, 5.74) is 2.98. The first-order valence-corrected chi connectivity index (χ1v) is 6.80. The standard InChI is InChI=1S/C18H13NO2/c1-2-12-8-9-15(13-6-4-3-5-7-13)16-10-14(11-19)18(20)21-17(12)16/h3-10H,2H2,1H3. The first-order chi connectivity index (χ1) is 10.2. The topological polar surface area (TPSA) is 54.0 Å². The molecule has 2 aromatic carbocycles. The Hall–Kier alpha value is -2.86. The Bertz CT molecular complexity index is 902. The van der Waals surface area contributed by atoms with E-state index in [9.17, 15) is 4.79 Å². The molecule has 0 saturated carbocycles. The number of aryl methyl sites for hydroxylation is 1. The van der Waals surface area contributed by atoms with Crippen molar-refractivity contribution in [2.24, 2.45) is 0 Å². The summed E-state index contributed by atoms with van der Waals surface area (Å²) in [5, 5.41) is 9.86. The highest BCUT2D eigenvalue weighted by molar-refractivity contribution is 5.95. The van der Waals surface area contributed by atoms with Crippen LogP contribution in [0.5, 0.6) is 0 Å². The summed E-state index contributed by atoms with van der Waals surface area (Å²) < 4.78 is 5.39. The highest BCUT2D eigenvalue weighted by Crippen LogP contribution is 2.30. The van der Waals surface area contributed by atoms with Gasteiger partial charge in [0, 0.05) is 5.39 Å². The second-order valence-electron chi connectivity index (χ2n) is 4.79. The summed E-state index contributed by atoms with van der Waals surface area (Å²) in [5.74, 6) is 0. The maximum Gasteiger partial charge on any atom is 0.354 e. The zero-order valence-electron chi connectivity index (χ0n) is 11.6. The van der Waals surface area contributed by atoms with Crippen LogP contribution >= 0.6 is 0 Å². The highest BCUT2D eigenvalue weighted by Gasteiger charge is 2.12. The average Bonchev–Trinajstić information content (AvgIpc) is 2.54. The number of fused-ring (bicyclic) bond motifs is 1. The summed E-state index contributed by atoms with van der Waals surface area (Å²) in [6.07, 6.45) is 0.764. The fourth-order valence-electron chi connectivity index (χ4n) is 2.49. The first kappa shape index (κ1) is 13.1. The maximum absolute atomic E-state index is 11.8. The van der Waals surface area contributed by atoms with Crippen molar-refractivity contribution in [3.05, 3.63) is 70.1 Å². The lowest BCUT2D eigenvalue weighted by atomic mass is 9.97. The Morgan fingerprint density at radius 2 is 1.90 bits per heavy atom. The average molecular weight is 275 g/mol. The minimum atomic E-state index is -0.579. The van der Waals surface area contributed by atoms with Crippen LogP contribution in [-0.4, -0.2) is 0 Å². The fourth-order valence-corrected chi connectivity index (χ4v) is 2.49. The van der Waals surface area contributed by atoms with Gasteiger partial charge in [-0.25, -0.2) is 4.79 Å². The molecular weight excluding hydrogens is 262 g/mol. The smallest absolute Gasteiger partial charge is 0.354 e. The molecule has 0 radical (unpaired) electrons.